The molecule has 0 bridgehead atoms. The van der Waals surface area contributed by atoms with E-state index in [2.05, 4.69) is 0 Å². The lowest BCUT2D eigenvalue weighted by Gasteiger charge is -2.22. The molecule has 0 amide bonds. The van der Waals surface area contributed by atoms with Gasteiger partial charge in [0, 0.05) is 19.4 Å². The molecule has 0 aromatic heterocycles. The van der Waals surface area contributed by atoms with Crippen LogP contribution in [0.15, 0.2) is 24.3 Å². The minimum absolute atomic E-state index is 0.162. The second kappa shape index (κ2) is 6.64. The van der Waals surface area contributed by atoms with Gasteiger partial charge in [-0.25, -0.2) is 4.39 Å². The van der Waals surface area contributed by atoms with E-state index in [0.717, 1.165) is 31.4 Å². The van der Waals surface area contributed by atoms with Crippen molar-refractivity contribution in [2.75, 3.05) is 6.61 Å². The number of benzene rings is 1. The van der Waals surface area contributed by atoms with Crippen molar-refractivity contribution in [2.24, 2.45) is 0 Å². The van der Waals surface area contributed by atoms with Gasteiger partial charge in [-0.05, 0) is 43.4 Å². The Bertz CT molecular complexity index is 397. The molecule has 1 aromatic rings. The zero-order valence-electron chi connectivity index (χ0n) is 10.5. The Hall–Kier alpha value is -1.22. The van der Waals surface area contributed by atoms with E-state index in [1.165, 1.54) is 18.6 Å². The number of hydrogen-bond acceptors (Lipinski definition) is 2. The second-order valence-electron chi connectivity index (χ2n) is 4.87. The van der Waals surface area contributed by atoms with Gasteiger partial charge in [0.25, 0.3) is 0 Å². The summed E-state index contributed by atoms with van der Waals surface area (Å²) in [5, 5.41) is 0. The Balaban J connectivity index is 1.74. The molecule has 0 N–H and O–H groups in total. The average molecular weight is 250 g/mol. The smallest absolute Gasteiger partial charge is 0.137 e. The predicted molar refractivity (Wildman–Crippen MR) is 67.9 cm³/mol. The Kier molecular flexibility index (Phi) is 4.88. The van der Waals surface area contributed by atoms with Crippen LogP contribution >= 0.6 is 0 Å². The van der Waals surface area contributed by atoms with Crippen LogP contribution in [0.3, 0.4) is 0 Å². The minimum atomic E-state index is -0.282. The fourth-order valence-electron chi connectivity index (χ4n) is 2.32. The zero-order valence-corrected chi connectivity index (χ0v) is 10.5. The fraction of sp³-hybridized carbons (Fsp3) is 0.533. The van der Waals surface area contributed by atoms with E-state index in [1.807, 2.05) is 0 Å². The van der Waals surface area contributed by atoms with Crippen LogP contribution in [0.1, 0.15) is 37.7 Å². The van der Waals surface area contributed by atoms with E-state index < -0.39 is 0 Å². The molecule has 1 fully saturated rings. The molecular weight excluding hydrogens is 231 g/mol. The van der Waals surface area contributed by atoms with E-state index in [-0.39, 0.29) is 17.7 Å². The number of ether oxygens (including phenoxy) is 1. The first kappa shape index (κ1) is 13.2. The number of Topliss-reactive ketones (excluding diaryl/α,β-unsaturated/α-hetero) is 1. The highest BCUT2D eigenvalue weighted by atomic mass is 19.1. The van der Waals surface area contributed by atoms with Crippen molar-refractivity contribution in [3.8, 4) is 0 Å². The molecule has 0 aliphatic carbocycles. The molecule has 0 radical (unpaired) electrons. The van der Waals surface area contributed by atoms with Crippen LogP contribution in [0.25, 0.3) is 0 Å². The highest BCUT2D eigenvalue weighted by Crippen LogP contribution is 2.17. The van der Waals surface area contributed by atoms with Gasteiger partial charge in [-0.15, -0.1) is 0 Å². The molecule has 0 spiro atoms. The van der Waals surface area contributed by atoms with Gasteiger partial charge in [0.05, 0.1) is 6.10 Å². The zero-order chi connectivity index (χ0) is 12.8. The Morgan fingerprint density at radius 2 is 2.28 bits per heavy atom. The van der Waals surface area contributed by atoms with Gasteiger partial charge >= 0.3 is 0 Å². The number of hydrogen-bond donors (Lipinski definition) is 0. The van der Waals surface area contributed by atoms with E-state index in [0.29, 0.717) is 12.8 Å². The number of halogens is 1. The van der Waals surface area contributed by atoms with Crippen LogP contribution in [0, 0.1) is 5.82 Å². The van der Waals surface area contributed by atoms with Gasteiger partial charge in [-0.3, -0.25) is 4.79 Å². The summed E-state index contributed by atoms with van der Waals surface area (Å²) >= 11 is 0. The third kappa shape index (κ3) is 4.22. The van der Waals surface area contributed by atoms with Crippen LogP contribution in [0.2, 0.25) is 0 Å². The lowest BCUT2D eigenvalue weighted by molar-refractivity contribution is -0.119. The average Bonchev–Trinajstić information content (AvgIpc) is 2.38. The van der Waals surface area contributed by atoms with Crippen LogP contribution in [-0.2, 0) is 16.0 Å². The van der Waals surface area contributed by atoms with Crippen LogP contribution in [0.4, 0.5) is 4.39 Å². The topological polar surface area (TPSA) is 26.3 Å². The Morgan fingerprint density at radius 3 is 3.00 bits per heavy atom. The number of rotatable bonds is 5. The van der Waals surface area contributed by atoms with Gasteiger partial charge < -0.3 is 4.74 Å². The number of carbonyl (C=O) groups excluding carboxylic acids is 1. The first-order valence-corrected chi connectivity index (χ1v) is 6.62. The van der Waals surface area contributed by atoms with Gasteiger partial charge in [-0.2, -0.15) is 0 Å². The normalized spacial score (nSPS) is 19.7. The maximum atomic E-state index is 13.0. The largest absolute Gasteiger partial charge is 0.378 e. The molecule has 1 aromatic carbocycles. The molecule has 1 aliphatic rings. The number of ketones is 1. The third-order valence-electron chi connectivity index (χ3n) is 3.31. The summed E-state index contributed by atoms with van der Waals surface area (Å²) in [6, 6.07) is 6.25. The maximum Gasteiger partial charge on any atom is 0.137 e. The maximum absolute atomic E-state index is 13.0. The van der Waals surface area contributed by atoms with Gasteiger partial charge in [0.1, 0.15) is 11.6 Å². The monoisotopic (exact) mass is 250 g/mol. The molecule has 1 unspecified atom stereocenters. The third-order valence-corrected chi connectivity index (χ3v) is 3.31. The predicted octanol–water partition coefficient (Wildman–Crippen LogP) is 3.29. The molecule has 1 atom stereocenters. The summed E-state index contributed by atoms with van der Waals surface area (Å²) in [7, 11) is 0. The molecule has 18 heavy (non-hydrogen) atoms. The lowest BCUT2D eigenvalue weighted by Crippen LogP contribution is -2.20. The van der Waals surface area contributed by atoms with Crippen molar-refractivity contribution in [3.63, 3.8) is 0 Å². The van der Waals surface area contributed by atoms with Crippen molar-refractivity contribution in [1.29, 1.82) is 0 Å². The van der Waals surface area contributed by atoms with E-state index in [4.69, 9.17) is 4.74 Å². The molecule has 3 heteroatoms. The molecule has 1 aliphatic heterocycles. The summed E-state index contributed by atoms with van der Waals surface area (Å²) in [5.41, 5.74) is 0.754. The molecule has 1 heterocycles. The first-order valence-electron chi connectivity index (χ1n) is 6.62. The Labute approximate surface area is 107 Å². The first-order chi connectivity index (χ1) is 8.74. The van der Waals surface area contributed by atoms with Gasteiger partial charge in [0.15, 0.2) is 0 Å². The standard InChI is InChI=1S/C15H19FO2/c16-13-5-3-4-12(10-13)11-14(17)7-8-15-6-1-2-9-18-15/h3-5,10,15H,1-2,6-9,11H2. The van der Waals surface area contributed by atoms with Crippen molar-refractivity contribution >= 4 is 5.78 Å². The number of carbonyl (C=O) groups is 1. The van der Waals surface area contributed by atoms with Crippen LogP contribution < -0.4 is 0 Å². The molecule has 0 saturated carbocycles. The lowest BCUT2D eigenvalue weighted by atomic mass is 10.0. The van der Waals surface area contributed by atoms with Crippen molar-refractivity contribution in [3.05, 3.63) is 35.6 Å². The summed E-state index contributed by atoms with van der Waals surface area (Å²) in [5.74, 6) is -0.120. The quantitative estimate of drug-likeness (QED) is 0.801. The van der Waals surface area contributed by atoms with Crippen LogP contribution in [-0.4, -0.2) is 18.5 Å². The molecule has 98 valence electrons. The van der Waals surface area contributed by atoms with Gasteiger partial charge in [-0.1, -0.05) is 12.1 Å². The highest BCUT2D eigenvalue weighted by molar-refractivity contribution is 5.80. The second-order valence-corrected chi connectivity index (χ2v) is 4.87. The summed E-state index contributed by atoms with van der Waals surface area (Å²) in [6.07, 6.45) is 5.29. The summed E-state index contributed by atoms with van der Waals surface area (Å²) in [4.78, 5) is 11.8. The molecular formula is C15H19FO2. The van der Waals surface area contributed by atoms with Crippen molar-refractivity contribution in [1.82, 2.24) is 0 Å². The van der Waals surface area contributed by atoms with Crippen LogP contribution in [0.5, 0.6) is 0 Å². The summed E-state index contributed by atoms with van der Waals surface area (Å²) in [6.45, 7) is 0.822. The van der Waals surface area contributed by atoms with E-state index in [1.54, 1.807) is 12.1 Å². The minimum Gasteiger partial charge on any atom is -0.378 e. The fourth-order valence-corrected chi connectivity index (χ4v) is 2.32. The summed E-state index contributed by atoms with van der Waals surface area (Å²) < 4.78 is 18.5. The van der Waals surface area contributed by atoms with E-state index in [9.17, 15) is 9.18 Å². The highest BCUT2D eigenvalue weighted by Gasteiger charge is 2.15. The molecule has 2 nitrogen and oxygen atoms in total. The van der Waals surface area contributed by atoms with E-state index >= 15 is 0 Å². The SMILES string of the molecule is O=C(CCC1CCCCO1)Cc1cccc(F)c1. The van der Waals surface area contributed by atoms with Gasteiger partial charge in [0.2, 0.25) is 0 Å². The van der Waals surface area contributed by atoms with Crippen molar-refractivity contribution < 1.29 is 13.9 Å². The van der Waals surface area contributed by atoms with Crippen molar-refractivity contribution in [2.45, 2.75) is 44.6 Å². The molecule has 2 rings (SSSR count). The molecule has 1 saturated heterocycles. The Morgan fingerprint density at radius 1 is 1.39 bits per heavy atom.